The Morgan fingerprint density at radius 1 is 0.947 bits per heavy atom. The van der Waals surface area contributed by atoms with Crippen LogP contribution in [0.3, 0.4) is 0 Å². The van der Waals surface area contributed by atoms with Crippen molar-refractivity contribution in [2.45, 2.75) is 119 Å². The fraction of sp³-hybridized carbons (Fsp3) is 0.788. The number of allylic oxidation sites excluding steroid dienone is 3. The third-order valence-corrected chi connectivity index (χ3v) is 11.4. The summed E-state index contributed by atoms with van der Waals surface area (Å²) in [5, 5.41) is 6.05. The molecule has 0 radical (unpaired) electrons. The van der Waals surface area contributed by atoms with Gasteiger partial charge >= 0.3 is 0 Å². The van der Waals surface area contributed by atoms with E-state index in [0.29, 0.717) is 60.4 Å². The lowest BCUT2D eigenvalue weighted by Crippen LogP contribution is -2.52. The molecular formula is C33H52N2O3. The molecule has 0 aromatic rings. The SMILES string of the molecule is CC(=O)NCCC(C(=O)C[C@@H](C)[C@H]1CC[C@H]2C3=CC[C@H]4C[C@H](NC(C)=O)CC[C@]4(C)[C@H]3CC[C@]12C)=C(C)C. The quantitative estimate of drug-likeness (QED) is 0.280. The highest BCUT2D eigenvalue weighted by molar-refractivity contribution is 5.96. The lowest BCUT2D eigenvalue weighted by atomic mass is 9.47. The summed E-state index contributed by atoms with van der Waals surface area (Å²) in [5.41, 5.74) is 4.35. The first kappa shape index (κ1) is 29.1. The first-order valence-electron chi connectivity index (χ1n) is 15.3. The fourth-order valence-electron chi connectivity index (χ4n) is 9.50. The van der Waals surface area contributed by atoms with Crippen molar-refractivity contribution in [3.63, 3.8) is 0 Å². The predicted molar refractivity (Wildman–Crippen MR) is 153 cm³/mol. The minimum atomic E-state index is -0.0441. The molecule has 0 saturated heterocycles. The highest BCUT2D eigenvalue weighted by Crippen LogP contribution is 2.67. The van der Waals surface area contributed by atoms with E-state index in [-0.39, 0.29) is 23.0 Å². The molecule has 212 valence electrons. The van der Waals surface area contributed by atoms with Gasteiger partial charge in [0.25, 0.3) is 0 Å². The van der Waals surface area contributed by atoms with E-state index in [9.17, 15) is 14.4 Å². The van der Waals surface area contributed by atoms with Crippen molar-refractivity contribution in [1.29, 1.82) is 0 Å². The first-order chi connectivity index (χ1) is 17.9. The number of ketones is 1. The van der Waals surface area contributed by atoms with Crippen LogP contribution >= 0.6 is 0 Å². The molecule has 0 aromatic heterocycles. The number of fused-ring (bicyclic) bond motifs is 5. The minimum Gasteiger partial charge on any atom is -0.356 e. The van der Waals surface area contributed by atoms with Crippen LogP contribution in [0.2, 0.25) is 0 Å². The summed E-state index contributed by atoms with van der Waals surface area (Å²) in [6.07, 6.45) is 13.5. The molecule has 0 bridgehead atoms. The normalized spacial score (nSPS) is 36.6. The van der Waals surface area contributed by atoms with E-state index in [4.69, 9.17) is 0 Å². The molecule has 4 aliphatic carbocycles. The Hall–Kier alpha value is -1.91. The lowest BCUT2D eigenvalue weighted by molar-refractivity contribution is -0.121. The van der Waals surface area contributed by atoms with Crippen LogP contribution in [0.4, 0.5) is 0 Å². The Balaban J connectivity index is 1.45. The maximum absolute atomic E-state index is 13.4. The summed E-state index contributed by atoms with van der Waals surface area (Å²) in [6.45, 7) is 15.1. The topological polar surface area (TPSA) is 75.3 Å². The smallest absolute Gasteiger partial charge is 0.217 e. The van der Waals surface area contributed by atoms with Crippen molar-refractivity contribution >= 4 is 17.6 Å². The molecule has 4 rings (SSSR count). The molecule has 0 aromatic carbocycles. The molecule has 0 unspecified atom stereocenters. The average molecular weight is 525 g/mol. The Bertz CT molecular complexity index is 1010. The summed E-state index contributed by atoms with van der Waals surface area (Å²) in [5.74, 6) is 3.27. The molecule has 3 fully saturated rings. The molecule has 5 nitrogen and oxygen atoms in total. The number of carbonyl (C=O) groups is 3. The van der Waals surface area contributed by atoms with Gasteiger partial charge in [0.2, 0.25) is 11.8 Å². The van der Waals surface area contributed by atoms with Gasteiger partial charge in [-0.2, -0.15) is 0 Å². The third-order valence-electron chi connectivity index (χ3n) is 11.4. The Labute approximate surface area is 231 Å². The number of hydrogen-bond donors (Lipinski definition) is 2. The number of hydrogen-bond acceptors (Lipinski definition) is 3. The zero-order chi connectivity index (χ0) is 27.8. The maximum atomic E-state index is 13.4. The van der Waals surface area contributed by atoms with Gasteiger partial charge in [-0.15, -0.1) is 0 Å². The fourth-order valence-corrected chi connectivity index (χ4v) is 9.50. The van der Waals surface area contributed by atoms with Crippen molar-refractivity contribution in [3.05, 3.63) is 22.8 Å². The number of nitrogens with one attached hydrogen (secondary N) is 2. The van der Waals surface area contributed by atoms with Gasteiger partial charge in [0.1, 0.15) is 0 Å². The van der Waals surface area contributed by atoms with Gasteiger partial charge in [0, 0.05) is 32.9 Å². The highest BCUT2D eigenvalue weighted by atomic mass is 16.2. The maximum Gasteiger partial charge on any atom is 0.217 e. The predicted octanol–water partition coefficient (Wildman–Crippen LogP) is 6.53. The Kier molecular flexibility index (Phi) is 8.64. The van der Waals surface area contributed by atoms with Gasteiger partial charge in [-0.3, -0.25) is 14.4 Å². The summed E-state index contributed by atoms with van der Waals surface area (Å²) in [6, 6.07) is 0.340. The number of amides is 2. The van der Waals surface area contributed by atoms with Crippen molar-refractivity contribution in [2.24, 2.45) is 40.4 Å². The molecule has 3 saturated carbocycles. The number of rotatable bonds is 8. The van der Waals surface area contributed by atoms with Gasteiger partial charge in [0.15, 0.2) is 5.78 Å². The second-order valence-electron chi connectivity index (χ2n) is 14.0. The highest BCUT2D eigenvalue weighted by Gasteiger charge is 2.58. The van der Waals surface area contributed by atoms with Crippen LogP contribution in [0.25, 0.3) is 0 Å². The van der Waals surface area contributed by atoms with Crippen molar-refractivity contribution in [2.75, 3.05) is 6.54 Å². The second kappa shape index (κ2) is 11.3. The van der Waals surface area contributed by atoms with Crippen LogP contribution < -0.4 is 10.6 Å². The number of Topliss-reactive ketones (excluding diaryl/α,β-unsaturated/α-hetero) is 1. The minimum absolute atomic E-state index is 0.0441. The molecule has 8 atom stereocenters. The lowest BCUT2D eigenvalue weighted by Gasteiger charge is -2.58. The van der Waals surface area contributed by atoms with Crippen LogP contribution in [-0.4, -0.2) is 30.2 Å². The Morgan fingerprint density at radius 3 is 2.29 bits per heavy atom. The van der Waals surface area contributed by atoms with Crippen LogP contribution in [0.15, 0.2) is 22.8 Å². The van der Waals surface area contributed by atoms with E-state index < -0.39 is 0 Å². The van der Waals surface area contributed by atoms with Crippen molar-refractivity contribution < 1.29 is 14.4 Å². The van der Waals surface area contributed by atoms with Crippen molar-refractivity contribution in [3.8, 4) is 0 Å². The first-order valence-corrected chi connectivity index (χ1v) is 15.3. The molecule has 38 heavy (non-hydrogen) atoms. The van der Waals surface area contributed by atoms with E-state index in [0.717, 1.165) is 30.4 Å². The molecule has 4 aliphatic rings. The molecule has 0 heterocycles. The van der Waals surface area contributed by atoms with Crippen LogP contribution in [0.5, 0.6) is 0 Å². The zero-order valence-corrected chi connectivity index (χ0v) is 25.0. The van der Waals surface area contributed by atoms with E-state index in [1.54, 1.807) is 12.5 Å². The van der Waals surface area contributed by atoms with Gasteiger partial charge in [-0.1, -0.05) is 38.0 Å². The number of carbonyl (C=O) groups excluding carboxylic acids is 3. The molecular weight excluding hydrogens is 472 g/mol. The van der Waals surface area contributed by atoms with Crippen molar-refractivity contribution in [1.82, 2.24) is 10.6 Å². The van der Waals surface area contributed by atoms with Crippen LogP contribution in [0.1, 0.15) is 113 Å². The van der Waals surface area contributed by atoms with E-state index in [1.165, 1.54) is 39.0 Å². The molecule has 5 heteroatoms. The monoisotopic (exact) mass is 524 g/mol. The van der Waals surface area contributed by atoms with Gasteiger partial charge < -0.3 is 10.6 Å². The van der Waals surface area contributed by atoms with Gasteiger partial charge in [0.05, 0.1) is 0 Å². The molecule has 0 aliphatic heterocycles. The van der Waals surface area contributed by atoms with E-state index in [2.05, 4.69) is 37.5 Å². The second-order valence-corrected chi connectivity index (χ2v) is 14.0. The zero-order valence-electron chi connectivity index (χ0n) is 25.0. The summed E-state index contributed by atoms with van der Waals surface area (Å²) >= 11 is 0. The van der Waals surface area contributed by atoms with Gasteiger partial charge in [-0.25, -0.2) is 0 Å². The molecule has 2 amide bonds. The summed E-state index contributed by atoms with van der Waals surface area (Å²) < 4.78 is 0. The largest absolute Gasteiger partial charge is 0.356 e. The molecule has 0 spiro atoms. The summed E-state index contributed by atoms with van der Waals surface area (Å²) in [7, 11) is 0. The standard InChI is InChI=1S/C33H52N2O3/c1-20(2)26(14-17-34-22(4)36)31(38)18-21(3)28-10-11-29-27-9-8-24-19-25(35-23(5)37)12-15-32(24,6)30(27)13-16-33(28,29)7/h9,21,24-25,28-30H,8,10-19H2,1-7H3,(H,34,36)(H,35,37)/t21-,24+,25-,28-,29+,30+,32+,33-/m1/s1. The average Bonchev–Trinajstić information content (AvgIpc) is 3.18. The van der Waals surface area contributed by atoms with E-state index >= 15 is 0 Å². The van der Waals surface area contributed by atoms with E-state index in [1.807, 2.05) is 13.8 Å². The summed E-state index contributed by atoms with van der Waals surface area (Å²) in [4.78, 5) is 36.4. The molecule has 2 N–H and O–H groups in total. The Morgan fingerprint density at radius 2 is 1.63 bits per heavy atom. The van der Waals surface area contributed by atoms with Crippen LogP contribution in [-0.2, 0) is 14.4 Å². The van der Waals surface area contributed by atoms with Crippen LogP contribution in [0, 0.1) is 40.4 Å². The third kappa shape index (κ3) is 5.54. The van der Waals surface area contributed by atoms with Gasteiger partial charge in [-0.05, 0) is 118 Å².